The van der Waals surface area contributed by atoms with E-state index in [-0.39, 0.29) is 11.2 Å². The molecule has 2 unspecified atom stereocenters. The van der Waals surface area contributed by atoms with E-state index >= 15 is 0 Å². The van der Waals surface area contributed by atoms with E-state index in [2.05, 4.69) is 13.8 Å². The van der Waals surface area contributed by atoms with Gasteiger partial charge in [-0.1, -0.05) is 26.0 Å². The van der Waals surface area contributed by atoms with Gasteiger partial charge in [0.15, 0.2) is 5.78 Å². The standard InChI is InChI=1S/C12H16O/c1-5-9-11(13)10(6-2)12(9)7(3)8(12)4/h5-8H,1-4H3/b9-5-,10-6-. The molecule has 1 heteroatoms. The summed E-state index contributed by atoms with van der Waals surface area (Å²) in [5.74, 6) is 1.59. The molecule has 0 aliphatic heterocycles. The van der Waals surface area contributed by atoms with E-state index in [1.54, 1.807) is 0 Å². The first-order valence-electron chi connectivity index (χ1n) is 5.00. The van der Waals surface area contributed by atoms with Crippen molar-refractivity contribution in [1.82, 2.24) is 0 Å². The van der Waals surface area contributed by atoms with Crippen LogP contribution >= 0.6 is 0 Å². The molecule has 1 nitrogen and oxygen atoms in total. The summed E-state index contributed by atoms with van der Waals surface area (Å²) in [5, 5.41) is 0. The largest absolute Gasteiger partial charge is 0.289 e. The van der Waals surface area contributed by atoms with Crippen molar-refractivity contribution < 1.29 is 4.79 Å². The Hall–Kier alpha value is -0.850. The fraction of sp³-hybridized carbons (Fsp3) is 0.583. The van der Waals surface area contributed by atoms with Gasteiger partial charge in [-0.15, -0.1) is 0 Å². The fourth-order valence-corrected chi connectivity index (χ4v) is 3.10. The Morgan fingerprint density at radius 3 is 1.69 bits per heavy atom. The number of carbonyl (C=O) groups is 1. The van der Waals surface area contributed by atoms with Gasteiger partial charge in [-0.25, -0.2) is 0 Å². The Morgan fingerprint density at radius 1 is 1.08 bits per heavy atom. The second-order valence-electron chi connectivity index (χ2n) is 4.18. The summed E-state index contributed by atoms with van der Waals surface area (Å²) >= 11 is 0. The normalized spacial score (nSPS) is 41.4. The number of rotatable bonds is 0. The predicted molar refractivity (Wildman–Crippen MR) is 53.3 cm³/mol. The molecule has 2 aliphatic rings. The quantitative estimate of drug-likeness (QED) is 0.519. The summed E-state index contributed by atoms with van der Waals surface area (Å²) in [5.41, 5.74) is 2.28. The third kappa shape index (κ3) is 0.676. The molecule has 2 saturated carbocycles. The van der Waals surface area contributed by atoms with Gasteiger partial charge in [0.05, 0.1) is 0 Å². The van der Waals surface area contributed by atoms with Crippen molar-refractivity contribution in [2.45, 2.75) is 27.7 Å². The van der Waals surface area contributed by atoms with Gasteiger partial charge in [0.2, 0.25) is 0 Å². The Kier molecular flexibility index (Phi) is 1.57. The highest BCUT2D eigenvalue weighted by molar-refractivity contribution is 6.20. The van der Waals surface area contributed by atoms with Crippen LogP contribution < -0.4 is 0 Å². The van der Waals surface area contributed by atoms with Crippen LogP contribution in [0.4, 0.5) is 0 Å². The van der Waals surface area contributed by atoms with Gasteiger partial charge in [-0.3, -0.25) is 4.79 Å². The number of allylic oxidation sites excluding steroid dienone is 4. The number of Topliss-reactive ketones (excluding diaryl/α,β-unsaturated/α-hetero) is 1. The molecule has 1 spiro atoms. The SMILES string of the molecule is C/C=C1/C(=O)/C(=C/C)C12C(C)C2C. The number of hydrogen-bond acceptors (Lipinski definition) is 1. The van der Waals surface area contributed by atoms with Gasteiger partial charge in [-0.2, -0.15) is 0 Å². The highest BCUT2D eigenvalue weighted by atomic mass is 16.1. The summed E-state index contributed by atoms with van der Waals surface area (Å²) in [6.07, 6.45) is 3.99. The molecule has 13 heavy (non-hydrogen) atoms. The maximum Gasteiger partial charge on any atom is 0.186 e. The Labute approximate surface area is 79.5 Å². The maximum atomic E-state index is 11.6. The Morgan fingerprint density at radius 2 is 1.46 bits per heavy atom. The van der Waals surface area contributed by atoms with Crippen molar-refractivity contribution in [3.63, 3.8) is 0 Å². The van der Waals surface area contributed by atoms with E-state index in [0.29, 0.717) is 11.8 Å². The number of hydrogen-bond donors (Lipinski definition) is 0. The molecule has 2 aliphatic carbocycles. The van der Waals surface area contributed by atoms with Crippen molar-refractivity contribution in [1.29, 1.82) is 0 Å². The van der Waals surface area contributed by atoms with E-state index in [1.807, 2.05) is 26.0 Å². The Balaban J connectivity index is 2.46. The summed E-state index contributed by atoms with van der Waals surface area (Å²) in [4.78, 5) is 11.6. The molecular weight excluding hydrogens is 160 g/mol. The van der Waals surface area contributed by atoms with Crippen LogP contribution in [0.25, 0.3) is 0 Å². The van der Waals surface area contributed by atoms with E-state index in [4.69, 9.17) is 0 Å². The molecule has 0 aromatic rings. The Bertz CT molecular complexity index is 301. The highest BCUT2D eigenvalue weighted by Crippen LogP contribution is 2.73. The van der Waals surface area contributed by atoms with E-state index < -0.39 is 0 Å². The van der Waals surface area contributed by atoms with Crippen LogP contribution in [-0.2, 0) is 4.79 Å². The molecule has 0 aromatic heterocycles. The lowest BCUT2D eigenvalue weighted by atomic mass is 9.67. The third-order valence-corrected chi connectivity index (χ3v) is 4.04. The molecule has 70 valence electrons. The zero-order valence-corrected chi connectivity index (χ0v) is 8.72. The lowest BCUT2D eigenvalue weighted by molar-refractivity contribution is -0.116. The zero-order chi connectivity index (χ0) is 9.80. The van der Waals surface area contributed by atoms with Crippen LogP contribution in [0.1, 0.15) is 27.7 Å². The first-order valence-corrected chi connectivity index (χ1v) is 5.00. The van der Waals surface area contributed by atoms with Gasteiger partial charge in [0, 0.05) is 16.6 Å². The monoisotopic (exact) mass is 176 g/mol. The minimum absolute atomic E-state index is 0.167. The molecule has 0 radical (unpaired) electrons. The van der Waals surface area contributed by atoms with Crippen LogP contribution in [0.2, 0.25) is 0 Å². The van der Waals surface area contributed by atoms with Crippen molar-refractivity contribution in [3.05, 3.63) is 23.3 Å². The van der Waals surface area contributed by atoms with Crippen molar-refractivity contribution in [3.8, 4) is 0 Å². The topological polar surface area (TPSA) is 17.1 Å². The molecule has 0 aromatic carbocycles. The third-order valence-electron chi connectivity index (χ3n) is 4.04. The first-order chi connectivity index (χ1) is 6.12. The van der Waals surface area contributed by atoms with E-state index in [1.165, 1.54) is 0 Å². The molecule has 0 saturated heterocycles. The lowest BCUT2D eigenvalue weighted by Gasteiger charge is -2.34. The zero-order valence-electron chi connectivity index (χ0n) is 8.72. The average molecular weight is 176 g/mol. The summed E-state index contributed by atoms with van der Waals surface area (Å²) < 4.78 is 0. The van der Waals surface area contributed by atoms with Gasteiger partial charge >= 0.3 is 0 Å². The lowest BCUT2D eigenvalue weighted by Crippen LogP contribution is -2.35. The van der Waals surface area contributed by atoms with Gasteiger partial charge in [0.1, 0.15) is 0 Å². The van der Waals surface area contributed by atoms with Crippen LogP contribution in [0.3, 0.4) is 0 Å². The molecule has 0 amide bonds. The van der Waals surface area contributed by atoms with Gasteiger partial charge in [0.25, 0.3) is 0 Å². The molecule has 2 atom stereocenters. The van der Waals surface area contributed by atoms with E-state index in [9.17, 15) is 4.79 Å². The molecule has 2 rings (SSSR count). The minimum atomic E-state index is 0.167. The van der Waals surface area contributed by atoms with Crippen molar-refractivity contribution in [2.75, 3.05) is 0 Å². The predicted octanol–water partition coefficient (Wildman–Crippen LogP) is 2.73. The second-order valence-corrected chi connectivity index (χ2v) is 4.18. The smallest absolute Gasteiger partial charge is 0.186 e. The summed E-state index contributed by atoms with van der Waals surface area (Å²) in [6, 6.07) is 0. The maximum absolute atomic E-state index is 11.6. The first kappa shape index (κ1) is 8.74. The fourth-order valence-electron chi connectivity index (χ4n) is 3.10. The molecule has 0 N–H and O–H groups in total. The molecule has 0 bridgehead atoms. The minimum Gasteiger partial charge on any atom is -0.289 e. The molecule has 0 heterocycles. The van der Waals surface area contributed by atoms with Crippen molar-refractivity contribution in [2.24, 2.45) is 17.3 Å². The molecular formula is C12H16O. The van der Waals surface area contributed by atoms with Crippen LogP contribution in [0.15, 0.2) is 23.3 Å². The summed E-state index contributed by atoms with van der Waals surface area (Å²) in [6.45, 7) is 8.42. The average Bonchev–Trinajstić information content (AvgIpc) is 2.62. The highest BCUT2D eigenvalue weighted by Gasteiger charge is 2.71. The van der Waals surface area contributed by atoms with E-state index in [0.717, 1.165) is 11.1 Å². The number of carbonyl (C=O) groups excluding carboxylic acids is 1. The van der Waals surface area contributed by atoms with Crippen LogP contribution in [-0.4, -0.2) is 5.78 Å². The number of ketones is 1. The van der Waals surface area contributed by atoms with Crippen molar-refractivity contribution >= 4 is 5.78 Å². The van der Waals surface area contributed by atoms with Gasteiger partial charge in [-0.05, 0) is 25.7 Å². The summed E-state index contributed by atoms with van der Waals surface area (Å²) in [7, 11) is 0. The molecule has 2 fully saturated rings. The second kappa shape index (κ2) is 2.34. The van der Waals surface area contributed by atoms with Crippen LogP contribution in [0, 0.1) is 17.3 Å². The van der Waals surface area contributed by atoms with Crippen LogP contribution in [0.5, 0.6) is 0 Å². The van der Waals surface area contributed by atoms with Gasteiger partial charge < -0.3 is 0 Å².